The van der Waals surface area contributed by atoms with Crippen molar-refractivity contribution in [2.24, 2.45) is 0 Å². The zero-order chi connectivity index (χ0) is 12.3. The van der Waals surface area contributed by atoms with E-state index in [0.29, 0.717) is 12.8 Å². The molecule has 0 bridgehead atoms. The Labute approximate surface area is 95.1 Å². The molecule has 0 unspecified atom stereocenters. The standard InChI is InChI=1S/C10H15NO4S/c1-4-11(8(2)3)16(13,14)10-6-5-9(7-12)15-10/h5-8H,4H2,1-3H3. The Morgan fingerprint density at radius 2 is 2.06 bits per heavy atom. The van der Waals surface area contributed by atoms with Crippen LogP contribution in [0, 0.1) is 0 Å². The zero-order valence-electron chi connectivity index (χ0n) is 9.50. The summed E-state index contributed by atoms with van der Waals surface area (Å²) in [6.07, 6.45) is 0.477. The second-order valence-electron chi connectivity index (χ2n) is 3.58. The molecule has 0 aliphatic heterocycles. The Hall–Kier alpha value is -1.14. The Balaban J connectivity index is 3.14. The van der Waals surface area contributed by atoms with Crippen LogP contribution in [0.25, 0.3) is 0 Å². The summed E-state index contributed by atoms with van der Waals surface area (Å²) >= 11 is 0. The maximum atomic E-state index is 12.1. The van der Waals surface area contributed by atoms with E-state index >= 15 is 0 Å². The summed E-state index contributed by atoms with van der Waals surface area (Å²) in [6, 6.07) is 2.48. The lowest BCUT2D eigenvalue weighted by Gasteiger charge is -2.22. The van der Waals surface area contributed by atoms with Gasteiger partial charge in [0.15, 0.2) is 12.0 Å². The van der Waals surface area contributed by atoms with E-state index in [2.05, 4.69) is 0 Å². The highest BCUT2D eigenvalue weighted by atomic mass is 32.2. The van der Waals surface area contributed by atoms with Crippen LogP contribution in [0.2, 0.25) is 0 Å². The smallest absolute Gasteiger partial charge is 0.276 e. The maximum absolute atomic E-state index is 12.1. The van der Waals surface area contributed by atoms with Crippen LogP contribution in [0.4, 0.5) is 0 Å². The van der Waals surface area contributed by atoms with E-state index in [1.807, 2.05) is 0 Å². The lowest BCUT2D eigenvalue weighted by molar-refractivity contribution is 0.109. The van der Waals surface area contributed by atoms with Gasteiger partial charge in [-0.3, -0.25) is 4.79 Å². The monoisotopic (exact) mass is 245 g/mol. The van der Waals surface area contributed by atoms with E-state index in [1.54, 1.807) is 20.8 Å². The summed E-state index contributed by atoms with van der Waals surface area (Å²) in [5.41, 5.74) is 0. The van der Waals surface area contributed by atoms with E-state index in [-0.39, 0.29) is 16.9 Å². The minimum atomic E-state index is -3.63. The van der Waals surface area contributed by atoms with Crippen molar-refractivity contribution in [1.82, 2.24) is 4.31 Å². The zero-order valence-corrected chi connectivity index (χ0v) is 10.3. The molecule has 90 valence electrons. The lowest BCUT2D eigenvalue weighted by atomic mass is 10.4. The van der Waals surface area contributed by atoms with Gasteiger partial charge in [0, 0.05) is 12.6 Å². The molecule has 0 spiro atoms. The van der Waals surface area contributed by atoms with Gasteiger partial charge < -0.3 is 4.42 Å². The van der Waals surface area contributed by atoms with Crippen molar-refractivity contribution < 1.29 is 17.6 Å². The van der Waals surface area contributed by atoms with E-state index in [4.69, 9.17) is 4.42 Å². The fourth-order valence-corrected chi connectivity index (χ4v) is 3.03. The molecule has 1 aromatic heterocycles. The average molecular weight is 245 g/mol. The van der Waals surface area contributed by atoms with Crippen molar-refractivity contribution in [3.63, 3.8) is 0 Å². The maximum Gasteiger partial charge on any atom is 0.276 e. The first-order chi connectivity index (χ1) is 7.43. The van der Waals surface area contributed by atoms with E-state index in [9.17, 15) is 13.2 Å². The molecule has 1 aromatic rings. The molecule has 0 amide bonds. The largest absolute Gasteiger partial charge is 0.440 e. The first-order valence-electron chi connectivity index (χ1n) is 5.00. The van der Waals surface area contributed by atoms with Crippen LogP contribution < -0.4 is 0 Å². The van der Waals surface area contributed by atoms with Crippen LogP contribution >= 0.6 is 0 Å². The number of sulfonamides is 1. The van der Waals surface area contributed by atoms with E-state index < -0.39 is 10.0 Å². The first kappa shape index (κ1) is 12.9. The van der Waals surface area contributed by atoms with Crippen molar-refractivity contribution in [3.8, 4) is 0 Å². The lowest BCUT2D eigenvalue weighted by Crippen LogP contribution is -2.36. The van der Waals surface area contributed by atoms with Gasteiger partial charge in [0.1, 0.15) is 0 Å². The molecule has 1 heterocycles. The fourth-order valence-electron chi connectivity index (χ4n) is 1.46. The molecule has 1 rings (SSSR count). The number of aldehydes is 1. The van der Waals surface area contributed by atoms with Crippen LogP contribution in [-0.2, 0) is 10.0 Å². The summed E-state index contributed by atoms with van der Waals surface area (Å²) in [5.74, 6) is 0.0124. The van der Waals surface area contributed by atoms with Gasteiger partial charge in [-0.05, 0) is 26.0 Å². The molecule has 0 aliphatic carbocycles. The SMILES string of the molecule is CCN(C(C)C)S(=O)(=O)c1ccc(C=O)o1. The van der Waals surface area contributed by atoms with Gasteiger partial charge in [0.2, 0.25) is 5.09 Å². The minimum absolute atomic E-state index is 0.0124. The number of hydrogen-bond acceptors (Lipinski definition) is 4. The van der Waals surface area contributed by atoms with Crippen molar-refractivity contribution in [2.45, 2.75) is 31.9 Å². The quantitative estimate of drug-likeness (QED) is 0.737. The van der Waals surface area contributed by atoms with Crippen molar-refractivity contribution >= 4 is 16.3 Å². The van der Waals surface area contributed by atoms with Gasteiger partial charge in [-0.1, -0.05) is 6.92 Å². The van der Waals surface area contributed by atoms with Gasteiger partial charge in [-0.25, -0.2) is 8.42 Å². The number of rotatable bonds is 5. The molecule has 0 aliphatic rings. The summed E-state index contributed by atoms with van der Waals surface area (Å²) in [4.78, 5) is 10.4. The molecule has 0 radical (unpaired) electrons. The third-order valence-corrected chi connectivity index (χ3v) is 4.19. The second-order valence-corrected chi connectivity index (χ2v) is 5.40. The van der Waals surface area contributed by atoms with Crippen LogP contribution in [0.5, 0.6) is 0 Å². The highest BCUT2D eigenvalue weighted by Gasteiger charge is 2.28. The predicted molar refractivity (Wildman–Crippen MR) is 58.8 cm³/mol. The third-order valence-electron chi connectivity index (χ3n) is 2.17. The van der Waals surface area contributed by atoms with Gasteiger partial charge in [-0.2, -0.15) is 4.31 Å². The van der Waals surface area contributed by atoms with E-state index in [0.717, 1.165) is 0 Å². The topological polar surface area (TPSA) is 67.6 Å². The molecule has 0 fully saturated rings. The Bertz CT molecular complexity index is 461. The van der Waals surface area contributed by atoms with Crippen LogP contribution in [0.3, 0.4) is 0 Å². The van der Waals surface area contributed by atoms with Gasteiger partial charge in [-0.15, -0.1) is 0 Å². The second kappa shape index (κ2) is 4.80. The normalized spacial score (nSPS) is 12.3. The molecule has 6 heteroatoms. The number of carbonyl (C=O) groups is 1. The summed E-state index contributed by atoms with van der Waals surface area (Å²) in [5, 5.41) is -0.190. The van der Waals surface area contributed by atoms with Gasteiger partial charge in [0.05, 0.1) is 0 Å². The molecule has 0 saturated carbocycles. The predicted octanol–water partition coefficient (Wildman–Crippen LogP) is 1.51. The van der Waals surface area contributed by atoms with Crippen molar-refractivity contribution in [3.05, 3.63) is 17.9 Å². The first-order valence-corrected chi connectivity index (χ1v) is 6.44. The molecule has 0 atom stereocenters. The van der Waals surface area contributed by atoms with Crippen LogP contribution in [0.1, 0.15) is 31.3 Å². The highest BCUT2D eigenvalue weighted by Crippen LogP contribution is 2.19. The Kier molecular flexibility index (Phi) is 3.88. The summed E-state index contributed by atoms with van der Waals surface area (Å²) < 4.78 is 30.3. The van der Waals surface area contributed by atoms with Crippen LogP contribution in [-0.4, -0.2) is 31.6 Å². The fraction of sp³-hybridized carbons (Fsp3) is 0.500. The number of furan rings is 1. The minimum Gasteiger partial charge on any atom is -0.440 e. The van der Waals surface area contributed by atoms with Crippen LogP contribution in [0.15, 0.2) is 21.6 Å². The van der Waals surface area contributed by atoms with Crippen molar-refractivity contribution in [2.75, 3.05) is 6.54 Å². The molecule has 0 N–H and O–H groups in total. The Morgan fingerprint density at radius 3 is 2.44 bits per heavy atom. The number of hydrogen-bond donors (Lipinski definition) is 0. The van der Waals surface area contributed by atoms with E-state index in [1.165, 1.54) is 16.4 Å². The highest BCUT2D eigenvalue weighted by molar-refractivity contribution is 7.89. The Morgan fingerprint density at radius 1 is 1.44 bits per heavy atom. The molecule has 16 heavy (non-hydrogen) atoms. The summed E-state index contributed by atoms with van der Waals surface area (Å²) in [6.45, 7) is 5.67. The molecular formula is C10H15NO4S. The molecule has 0 saturated heterocycles. The van der Waals surface area contributed by atoms with Crippen molar-refractivity contribution in [1.29, 1.82) is 0 Å². The average Bonchev–Trinajstić information content (AvgIpc) is 2.66. The third kappa shape index (κ3) is 2.33. The summed E-state index contributed by atoms with van der Waals surface area (Å²) in [7, 11) is -3.63. The molecule has 5 nitrogen and oxygen atoms in total. The molecule has 0 aromatic carbocycles. The van der Waals surface area contributed by atoms with Gasteiger partial charge >= 0.3 is 0 Å². The number of nitrogens with zero attached hydrogens (tertiary/aromatic N) is 1. The van der Waals surface area contributed by atoms with Gasteiger partial charge in [0.25, 0.3) is 10.0 Å². The number of carbonyl (C=O) groups excluding carboxylic acids is 1. The molecular weight excluding hydrogens is 230 g/mol.